The molecule has 0 amide bonds. The normalized spacial score (nSPS) is 10.7. The summed E-state index contributed by atoms with van der Waals surface area (Å²) in [5.74, 6) is 0. The Hall–Kier alpha value is -1.65. The zero-order valence-corrected chi connectivity index (χ0v) is 13.3. The molecule has 0 radical (unpaired) electrons. The molecule has 1 heterocycles. The van der Waals surface area contributed by atoms with Crippen LogP contribution in [-0.2, 0) is 0 Å². The van der Waals surface area contributed by atoms with E-state index in [9.17, 15) is 0 Å². The summed E-state index contributed by atoms with van der Waals surface area (Å²) in [7, 11) is 0. The summed E-state index contributed by atoms with van der Waals surface area (Å²) in [6.45, 7) is 2.06. The Labute approximate surface area is 130 Å². The molecule has 2 aromatic carbocycles. The van der Waals surface area contributed by atoms with Gasteiger partial charge < -0.3 is 5.73 Å². The second-order valence-electron chi connectivity index (χ2n) is 4.58. The van der Waals surface area contributed by atoms with Gasteiger partial charge in [0.15, 0.2) is 0 Å². The third-order valence-corrected chi connectivity index (χ3v) is 4.64. The Kier molecular flexibility index (Phi) is 3.59. The highest BCUT2D eigenvalue weighted by molar-refractivity contribution is 9.10. The largest absolute Gasteiger partial charge is 0.389 e. The van der Waals surface area contributed by atoms with Crippen LogP contribution in [0.15, 0.2) is 53.0 Å². The zero-order chi connectivity index (χ0) is 14.1. The van der Waals surface area contributed by atoms with Crippen molar-refractivity contribution in [3.63, 3.8) is 0 Å². The summed E-state index contributed by atoms with van der Waals surface area (Å²) in [5.41, 5.74) is 10.3. The van der Waals surface area contributed by atoms with E-state index in [4.69, 9.17) is 10.7 Å². The minimum absolute atomic E-state index is 0.744. The van der Waals surface area contributed by atoms with Crippen molar-refractivity contribution in [3.8, 4) is 21.8 Å². The van der Waals surface area contributed by atoms with Gasteiger partial charge in [0.05, 0.1) is 0 Å². The molecule has 0 spiro atoms. The number of aryl methyl sites for hydroxylation is 1. The van der Waals surface area contributed by atoms with Crippen LogP contribution in [0.2, 0.25) is 0 Å². The molecule has 3 rings (SSSR count). The second-order valence-corrected chi connectivity index (χ2v) is 6.47. The first kappa shape index (κ1) is 13.3. The van der Waals surface area contributed by atoms with Crippen LogP contribution in [0.4, 0.5) is 5.00 Å². The minimum atomic E-state index is 0.744. The number of rotatable bonds is 2. The summed E-state index contributed by atoms with van der Waals surface area (Å²) >= 11 is 5.11. The molecule has 2 N–H and O–H groups in total. The van der Waals surface area contributed by atoms with E-state index in [0.29, 0.717) is 0 Å². The highest BCUT2D eigenvalue weighted by Gasteiger charge is 2.14. The third-order valence-electron chi connectivity index (χ3n) is 3.05. The van der Waals surface area contributed by atoms with E-state index >= 15 is 0 Å². The first-order chi connectivity index (χ1) is 9.65. The predicted molar refractivity (Wildman–Crippen MR) is 89.8 cm³/mol. The van der Waals surface area contributed by atoms with Gasteiger partial charge >= 0.3 is 0 Å². The quantitative estimate of drug-likeness (QED) is 0.699. The Bertz CT molecular complexity index is 750. The molecule has 3 aromatic rings. The van der Waals surface area contributed by atoms with Gasteiger partial charge in [0.1, 0.15) is 15.7 Å². The maximum absolute atomic E-state index is 6.15. The van der Waals surface area contributed by atoms with Crippen LogP contribution >= 0.6 is 27.3 Å². The Morgan fingerprint density at radius 3 is 2.55 bits per heavy atom. The number of nitrogens with zero attached hydrogens (tertiary/aromatic N) is 1. The lowest BCUT2D eigenvalue weighted by atomic mass is 10.1. The molecule has 0 saturated heterocycles. The smallest absolute Gasteiger partial charge is 0.126 e. The Morgan fingerprint density at radius 1 is 1.10 bits per heavy atom. The summed E-state index contributed by atoms with van der Waals surface area (Å²) in [6.07, 6.45) is 0. The van der Waals surface area contributed by atoms with Crippen LogP contribution in [0.1, 0.15) is 5.56 Å². The standard InChI is InChI=1S/C16H13BrN2S/c1-10-7-8-12(13(17)9-10)14-15(18)20-16(19-14)11-5-3-2-4-6-11/h2-9H,18H2,1H3. The van der Waals surface area contributed by atoms with Gasteiger partial charge in [-0.05, 0) is 18.6 Å². The molecule has 100 valence electrons. The third kappa shape index (κ3) is 2.49. The zero-order valence-electron chi connectivity index (χ0n) is 10.9. The molecule has 4 heteroatoms. The predicted octanol–water partition coefficient (Wildman–Crippen LogP) is 5.13. The van der Waals surface area contributed by atoms with Crippen LogP contribution in [0.25, 0.3) is 21.8 Å². The number of hydrogen-bond acceptors (Lipinski definition) is 3. The van der Waals surface area contributed by atoms with Gasteiger partial charge in [0.25, 0.3) is 0 Å². The van der Waals surface area contributed by atoms with Gasteiger partial charge in [-0.15, -0.1) is 0 Å². The fraction of sp³-hybridized carbons (Fsp3) is 0.0625. The molecule has 0 aliphatic rings. The first-order valence-electron chi connectivity index (χ1n) is 6.23. The monoisotopic (exact) mass is 344 g/mol. The fourth-order valence-corrected chi connectivity index (χ4v) is 3.57. The molecule has 1 aromatic heterocycles. The molecule has 2 nitrogen and oxygen atoms in total. The lowest BCUT2D eigenvalue weighted by Crippen LogP contribution is -1.87. The van der Waals surface area contributed by atoms with E-state index < -0.39 is 0 Å². The van der Waals surface area contributed by atoms with Crippen molar-refractivity contribution in [1.29, 1.82) is 0 Å². The number of nitrogens with two attached hydrogens (primary N) is 1. The topological polar surface area (TPSA) is 38.9 Å². The van der Waals surface area contributed by atoms with Crippen LogP contribution in [0.5, 0.6) is 0 Å². The molecule has 0 unspecified atom stereocenters. The van der Waals surface area contributed by atoms with Crippen LogP contribution < -0.4 is 5.73 Å². The summed E-state index contributed by atoms with van der Waals surface area (Å²) in [5, 5.41) is 1.69. The van der Waals surface area contributed by atoms with Crippen molar-refractivity contribution in [1.82, 2.24) is 4.98 Å². The van der Waals surface area contributed by atoms with E-state index in [1.165, 1.54) is 16.9 Å². The highest BCUT2D eigenvalue weighted by Crippen LogP contribution is 2.38. The average Bonchev–Trinajstić information content (AvgIpc) is 2.82. The number of hydrogen-bond donors (Lipinski definition) is 1. The Morgan fingerprint density at radius 2 is 1.85 bits per heavy atom. The number of halogens is 1. The van der Waals surface area contributed by atoms with Gasteiger partial charge in [-0.2, -0.15) is 0 Å². The van der Waals surface area contributed by atoms with Crippen molar-refractivity contribution < 1.29 is 0 Å². The van der Waals surface area contributed by atoms with Crippen molar-refractivity contribution in [2.75, 3.05) is 5.73 Å². The lowest BCUT2D eigenvalue weighted by molar-refractivity contribution is 1.38. The van der Waals surface area contributed by atoms with Crippen LogP contribution in [-0.4, -0.2) is 4.98 Å². The van der Waals surface area contributed by atoms with Crippen molar-refractivity contribution in [2.45, 2.75) is 6.92 Å². The second kappa shape index (κ2) is 5.38. The van der Waals surface area contributed by atoms with Gasteiger partial charge in [-0.25, -0.2) is 4.98 Å². The molecule has 0 fully saturated rings. The van der Waals surface area contributed by atoms with Gasteiger partial charge in [-0.1, -0.05) is 69.7 Å². The molecule has 0 bridgehead atoms. The average molecular weight is 345 g/mol. The number of thiazole rings is 1. The highest BCUT2D eigenvalue weighted by atomic mass is 79.9. The summed E-state index contributed by atoms with van der Waals surface area (Å²) < 4.78 is 1.02. The van der Waals surface area contributed by atoms with E-state index in [0.717, 1.165) is 31.3 Å². The number of benzene rings is 2. The van der Waals surface area contributed by atoms with E-state index in [-0.39, 0.29) is 0 Å². The summed E-state index contributed by atoms with van der Waals surface area (Å²) in [4.78, 5) is 4.70. The minimum Gasteiger partial charge on any atom is -0.389 e. The maximum Gasteiger partial charge on any atom is 0.126 e. The molecular weight excluding hydrogens is 332 g/mol. The number of aromatic nitrogens is 1. The van der Waals surface area contributed by atoms with Crippen molar-refractivity contribution in [3.05, 3.63) is 58.6 Å². The van der Waals surface area contributed by atoms with E-state index in [2.05, 4.69) is 41.1 Å². The SMILES string of the molecule is Cc1ccc(-c2nc(-c3ccccc3)sc2N)c(Br)c1. The maximum atomic E-state index is 6.15. The van der Waals surface area contributed by atoms with Crippen molar-refractivity contribution in [2.24, 2.45) is 0 Å². The van der Waals surface area contributed by atoms with E-state index in [1.54, 1.807) is 0 Å². The number of anilines is 1. The molecular formula is C16H13BrN2S. The fourth-order valence-electron chi connectivity index (χ4n) is 2.04. The molecule has 20 heavy (non-hydrogen) atoms. The molecule has 0 atom stereocenters. The molecule has 0 aliphatic carbocycles. The van der Waals surface area contributed by atoms with Crippen molar-refractivity contribution >= 4 is 32.3 Å². The van der Waals surface area contributed by atoms with Crippen LogP contribution in [0.3, 0.4) is 0 Å². The van der Waals surface area contributed by atoms with Crippen LogP contribution in [0, 0.1) is 6.92 Å². The lowest BCUT2D eigenvalue weighted by Gasteiger charge is -2.03. The summed E-state index contributed by atoms with van der Waals surface area (Å²) in [6, 6.07) is 16.3. The van der Waals surface area contributed by atoms with Gasteiger partial charge in [-0.3, -0.25) is 0 Å². The Balaban J connectivity index is 2.10. The molecule has 0 saturated carbocycles. The van der Waals surface area contributed by atoms with Gasteiger partial charge in [0.2, 0.25) is 0 Å². The van der Waals surface area contributed by atoms with Gasteiger partial charge in [0, 0.05) is 15.6 Å². The molecule has 0 aliphatic heterocycles. The number of nitrogen functional groups attached to an aromatic ring is 1. The first-order valence-corrected chi connectivity index (χ1v) is 7.84. The van der Waals surface area contributed by atoms with E-state index in [1.807, 2.05) is 30.3 Å².